The summed E-state index contributed by atoms with van der Waals surface area (Å²) in [7, 11) is 1.64. The van der Waals surface area contributed by atoms with Crippen LogP contribution in [-0.4, -0.2) is 15.8 Å². The van der Waals surface area contributed by atoms with Gasteiger partial charge in [0.25, 0.3) is 5.56 Å². The summed E-state index contributed by atoms with van der Waals surface area (Å²) in [5, 5.41) is 0.404. The average Bonchev–Trinajstić information content (AvgIpc) is 2.27. The molecule has 0 saturated heterocycles. The Morgan fingerprint density at radius 1 is 1.50 bits per heavy atom. The van der Waals surface area contributed by atoms with Crippen LogP contribution in [0.15, 0.2) is 23.1 Å². The third-order valence-corrected chi connectivity index (χ3v) is 2.80. The molecule has 2 rings (SSSR count). The molecule has 4 nitrogen and oxygen atoms in total. The minimum Gasteiger partial charge on any atom is -0.310 e. The van der Waals surface area contributed by atoms with Gasteiger partial charge in [-0.3, -0.25) is 9.78 Å². The van der Waals surface area contributed by atoms with Crippen LogP contribution in [0.5, 0.6) is 0 Å². The number of fused-ring (bicyclic) bond motifs is 1. The summed E-state index contributed by atoms with van der Waals surface area (Å²) in [5.74, 6) is 0. The van der Waals surface area contributed by atoms with Gasteiger partial charge in [-0.15, -0.1) is 0 Å². The Kier molecular flexibility index (Phi) is 2.75. The van der Waals surface area contributed by atoms with Crippen LogP contribution in [0.25, 0.3) is 11.0 Å². The summed E-state index contributed by atoms with van der Waals surface area (Å²) in [5.41, 5.74) is 1.76. The van der Waals surface area contributed by atoms with Gasteiger partial charge in [0.2, 0.25) is 0 Å². The van der Waals surface area contributed by atoms with Gasteiger partial charge in [-0.2, -0.15) is 0 Å². The zero-order chi connectivity index (χ0) is 11.7. The summed E-state index contributed by atoms with van der Waals surface area (Å²) in [6.07, 6.45) is 2.43. The van der Waals surface area contributed by atoms with E-state index in [1.54, 1.807) is 13.1 Å². The lowest BCUT2D eigenvalue weighted by Gasteiger charge is -2.09. The first-order chi connectivity index (χ1) is 7.65. The summed E-state index contributed by atoms with van der Waals surface area (Å²) in [6, 6.07) is 3.07. The van der Waals surface area contributed by atoms with Gasteiger partial charge < -0.3 is 9.36 Å². The minimum atomic E-state index is -0.149. The molecule has 0 fully saturated rings. The highest BCUT2D eigenvalue weighted by molar-refractivity contribution is 6.32. The average molecular weight is 237 g/mol. The fraction of sp³-hybridized carbons (Fsp3) is 0.182. The number of hydrogen-bond acceptors (Lipinski definition) is 3. The Balaban J connectivity index is 2.94. The lowest BCUT2D eigenvalue weighted by molar-refractivity contribution is -0.107. The van der Waals surface area contributed by atoms with Crippen molar-refractivity contribution in [2.75, 3.05) is 0 Å². The molecule has 0 unspecified atom stereocenters. The summed E-state index contributed by atoms with van der Waals surface area (Å²) in [4.78, 5) is 26.2. The summed E-state index contributed by atoms with van der Waals surface area (Å²) in [6.45, 7) is 0. The minimum absolute atomic E-state index is 0.149. The number of nitrogens with zero attached hydrogens (tertiary/aromatic N) is 2. The van der Waals surface area contributed by atoms with Crippen molar-refractivity contribution >= 4 is 28.9 Å². The molecule has 0 bridgehead atoms. The second kappa shape index (κ2) is 4.06. The number of rotatable bonds is 2. The van der Waals surface area contributed by atoms with E-state index >= 15 is 0 Å². The maximum absolute atomic E-state index is 11.5. The number of aromatic nitrogens is 2. The first-order valence-corrected chi connectivity index (χ1v) is 5.09. The van der Waals surface area contributed by atoms with E-state index < -0.39 is 0 Å². The Morgan fingerprint density at radius 3 is 2.94 bits per heavy atom. The molecule has 0 aliphatic rings. The molecule has 0 N–H and O–H groups in total. The van der Waals surface area contributed by atoms with Crippen LogP contribution < -0.4 is 5.56 Å². The largest absolute Gasteiger partial charge is 0.310 e. The second-order valence-corrected chi connectivity index (χ2v) is 3.83. The number of halogens is 1. The number of hydrogen-bond donors (Lipinski definition) is 0. The number of aldehydes is 1. The van der Waals surface area contributed by atoms with E-state index in [0.717, 1.165) is 6.29 Å². The van der Waals surface area contributed by atoms with Crippen LogP contribution in [0.2, 0.25) is 5.02 Å². The maximum atomic E-state index is 11.5. The van der Waals surface area contributed by atoms with Crippen LogP contribution >= 0.6 is 11.6 Å². The lowest BCUT2D eigenvalue weighted by atomic mass is 10.1. The molecular weight excluding hydrogens is 228 g/mol. The first kappa shape index (κ1) is 10.8. The van der Waals surface area contributed by atoms with E-state index in [-0.39, 0.29) is 12.0 Å². The monoisotopic (exact) mass is 236 g/mol. The van der Waals surface area contributed by atoms with Crippen molar-refractivity contribution in [3.63, 3.8) is 0 Å². The van der Waals surface area contributed by atoms with Gasteiger partial charge in [0.15, 0.2) is 0 Å². The predicted molar refractivity (Wildman–Crippen MR) is 61.8 cm³/mol. The van der Waals surface area contributed by atoms with E-state index in [1.807, 2.05) is 0 Å². The quantitative estimate of drug-likeness (QED) is 0.740. The molecule has 0 spiro atoms. The fourth-order valence-corrected chi connectivity index (χ4v) is 1.89. The van der Waals surface area contributed by atoms with E-state index in [9.17, 15) is 9.59 Å². The molecule has 0 aliphatic heterocycles. The van der Waals surface area contributed by atoms with Crippen molar-refractivity contribution in [2.24, 2.45) is 7.05 Å². The molecule has 0 aromatic carbocycles. The van der Waals surface area contributed by atoms with Gasteiger partial charge in [-0.25, -0.2) is 0 Å². The van der Waals surface area contributed by atoms with Crippen molar-refractivity contribution < 1.29 is 4.79 Å². The van der Waals surface area contributed by atoms with Gasteiger partial charge in [0.05, 0.1) is 16.1 Å². The van der Waals surface area contributed by atoms with E-state index in [2.05, 4.69) is 4.98 Å². The molecule has 0 radical (unpaired) electrons. The third kappa shape index (κ3) is 1.61. The number of pyridine rings is 2. The third-order valence-electron chi connectivity index (χ3n) is 2.47. The van der Waals surface area contributed by atoms with Crippen LogP contribution in [0, 0.1) is 0 Å². The van der Waals surface area contributed by atoms with Crippen molar-refractivity contribution in [3.05, 3.63) is 39.3 Å². The highest BCUT2D eigenvalue weighted by Crippen LogP contribution is 2.22. The van der Waals surface area contributed by atoms with Crippen LogP contribution in [0.1, 0.15) is 5.56 Å². The molecule has 5 heteroatoms. The highest BCUT2D eigenvalue weighted by atomic mass is 35.5. The van der Waals surface area contributed by atoms with Crippen molar-refractivity contribution in [1.29, 1.82) is 0 Å². The second-order valence-electron chi connectivity index (χ2n) is 3.42. The van der Waals surface area contributed by atoms with Crippen LogP contribution in [0.3, 0.4) is 0 Å². The molecule has 0 aliphatic carbocycles. The Morgan fingerprint density at radius 2 is 2.25 bits per heavy atom. The molecule has 82 valence electrons. The van der Waals surface area contributed by atoms with Crippen LogP contribution in [-0.2, 0) is 18.3 Å². The summed E-state index contributed by atoms with van der Waals surface area (Å²) < 4.78 is 1.45. The van der Waals surface area contributed by atoms with E-state index in [4.69, 9.17) is 11.6 Å². The molecule has 2 aromatic heterocycles. The summed E-state index contributed by atoms with van der Waals surface area (Å²) >= 11 is 5.97. The number of carbonyl (C=O) groups excluding carboxylic acids is 1. The smallest absolute Gasteiger partial charge is 0.250 e. The zero-order valence-corrected chi connectivity index (χ0v) is 9.36. The van der Waals surface area contributed by atoms with Crippen molar-refractivity contribution in [3.8, 4) is 0 Å². The molecule has 16 heavy (non-hydrogen) atoms. The fourth-order valence-electron chi connectivity index (χ4n) is 1.68. The van der Waals surface area contributed by atoms with E-state index in [0.29, 0.717) is 21.6 Å². The SMILES string of the molecule is Cn1c(=O)ccc2ncc(Cl)c(CC=O)c21. The Labute approximate surface area is 96.5 Å². The lowest BCUT2D eigenvalue weighted by Crippen LogP contribution is -2.17. The van der Waals surface area contributed by atoms with Crippen molar-refractivity contribution in [1.82, 2.24) is 9.55 Å². The van der Waals surface area contributed by atoms with Gasteiger partial charge in [0.1, 0.15) is 6.29 Å². The molecular formula is C11H9ClN2O2. The highest BCUT2D eigenvalue weighted by Gasteiger charge is 2.10. The molecule has 0 amide bonds. The van der Waals surface area contributed by atoms with Crippen LogP contribution in [0.4, 0.5) is 0 Å². The molecule has 2 heterocycles. The van der Waals surface area contributed by atoms with Gasteiger partial charge >= 0.3 is 0 Å². The molecule has 0 atom stereocenters. The normalized spacial score (nSPS) is 10.6. The van der Waals surface area contributed by atoms with Crippen molar-refractivity contribution in [2.45, 2.75) is 6.42 Å². The zero-order valence-electron chi connectivity index (χ0n) is 8.61. The standard InChI is InChI=1S/C11H9ClN2O2/c1-14-10(16)3-2-9-11(14)7(4-5-15)8(12)6-13-9/h2-3,5-6H,4H2,1H3. The Hall–Kier alpha value is -1.68. The van der Waals surface area contributed by atoms with Gasteiger partial charge in [-0.05, 0) is 6.07 Å². The topological polar surface area (TPSA) is 52.0 Å². The first-order valence-electron chi connectivity index (χ1n) is 4.72. The number of carbonyl (C=O) groups is 1. The predicted octanol–water partition coefficient (Wildman–Crippen LogP) is 1.33. The van der Waals surface area contributed by atoms with Gasteiger partial charge in [0, 0.05) is 31.3 Å². The van der Waals surface area contributed by atoms with E-state index in [1.165, 1.54) is 16.8 Å². The van der Waals surface area contributed by atoms with Gasteiger partial charge in [-0.1, -0.05) is 11.6 Å². The molecule has 2 aromatic rings. The molecule has 0 saturated carbocycles. The Bertz CT molecular complexity index is 619. The number of aryl methyl sites for hydroxylation is 1. The maximum Gasteiger partial charge on any atom is 0.250 e.